The number of nitrogens with one attached hydrogen (secondary N) is 1. The Morgan fingerprint density at radius 1 is 1.05 bits per heavy atom. The summed E-state index contributed by atoms with van der Waals surface area (Å²) in [5.74, 6) is 0. The van der Waals surface area contributed by atoms with Crippen LogP contribution in [-0.2, 0) is 10.2 Å². The maximum atomic E-state index is 12.8. The van der Waals surface area contributed by atoms with Gasteiger partial charge in [-0.15, -0.1) is 0 Å². The van der Waals surface area contributed by atoms with Crippen LogP contribution in [0.2, 0.25) is 0 Å². The molecule has 2 saturated heterocycles. The van der Waals surface area contributed by atoms with E-state index in [-0.39, 0.29) is 6.04 Å². The van der Waals surface area contributed by atoms with Crippen molar-refractivity contribution >= 4 is 10.2 Å². The molecule has 1 aromatic rings. The zero-order valence-electron chi connectivity index (χ0n) is 11.5. The molecule has 1 N–H and O–H groups in total. The second-order valence-electron chi connectivity index (χ2n) is 5.34. The third-order valence-corrected chi connectivity index (χ3v) is 6.13. The van der Waals surface area contributed by atoms with Crippen LogP contribution < -0.4 is 5.32 Å². The Kier molecular flexibility index (Phi) is 4.07. The first-order valence-corrected chi connectivity index (χ1v) is 8.62. The topological polar surface area (TPSA) is 52.7 Å². The zero-order chi connectivity index (χ0) is 14.0. The van der Waals surface area contributed by atoms with Crippen LogP contribution in [0.5, 0.6) is 0 Å². The van der Waals surface area contributed by atoms with Gasteiger partial charge in [-0.2, -0.15) is 17.0 Å². The lowest BCUT2D eigenvalue weighted by Crippen LogP contribution is -2.51. The van der Waals surface area contributed by atoms with Crippen molar-refractivity contribution in [2.75, 3.05) is 32.7 Å². The van der Waals surface area contributed by atoms with Gasteiger partial charge >= 0.3 is 0 Å². The summed E-state index contributed by atoms with van der Waals surface area (Å²) in [4.78, 5) is 0. The molecule has 2 aliphatic heterocycles. The second-order valence-corrected chi connectivity index (χ2v) is 7.22. The monoisotopic (exact) mass is 295 g/mol. The average molecular weight is 295 g/mol. The minimum atomic E-state index is -3.33. The molecule has 6 heteroatoms. The maximum Gasteiger partial charge on any atom is 0.282 e. The minimum Gasteiger partial charge on any atom is -0.314 e. The van der Waals surface area contributed by atoms with Gasteiger partial charge in [0.05, 0.1) is 6.04 Å². The molecule has 110 valence electrons. The summed E-state index contributed by atoms with van der Waals surface area (Å²) in [5.41, 5.74) is 1.10. The number of nitrogens with zero attached hydrogens (tertiary/aromatic N) is 2. The molecule has 1 unspecified atom stereocenters. The van der Waals surface area contributed by atoms with E-state index in [0.29, 0.717) is 19.6 Å². The van der Waals surface area contributed by atoms with E-state index in [4.69, 9.17) is 0 Å². The standard InChI is InChI=1S/C14H21N3O2S/c18-20(19,16-11-8-15-9-12-16)17-10-4-7-14(17)13-5-2-1-3-6-13/h1-3,5-6,14-15H,4,7-12H2. The molecule has 2 fully saturated rings. The Bertz CT molecular complexity index is 541. The first-order valence-electron chi connectivity index (χ1n) is 7.22. The Hall–Kier alpha value is -0.950. The van der Waals surface area contributed by atoms with E-state index in [9.17, 15) is 8.42 Å². The largest absolute Gasteiger partial charge is 0.314 e. The highest BCUT2D eigenvalue weighted by Gasteiger charge is 2.38. The van der Waals surface area contributed by atoms with Gasteiger partial charge in [-0.05, 0) is 18.4 Å². The molecule has 0 radical (unpaired) electrons. The highest BCUT2D eigenvalue weighted by atomic mass is 32.2. The molecular weight excluding hydrogens is 274 g/mol. The average Bonchev–Trinajstić information content (AvgIpc) is 2.99. The smallest absolute Gasteiger partial charge is 0.282 e. The van der Waals surface area contributed by atoms with Crippen molar-refractivity contribution < 1.29 is 8.42 Å². The van der Waals surface area contributed by atoms with Gasteiger partial charge in [0, 0.05) is 32.7 Å². The SMILES string of the molecule is O=S(=O)(N1CCNCC1)N1CCCC1c1ccccc1. The number of rotatable bonds is 3. The normalized spacial score (nSPS) is 25.9. The lowest BCUT2D eigenvalue weighted by molar-refractivity contribution is 0.304. The van der Waals surface area contributed by atoms with Gasteiger partial charge in [-0.3, -0.25) is 0 Å². The van der Waals surface area contributed by atoms with E-state index in [0.717, 1.165) is 31.5 Å². The predicted molar refractivity (Wildman–Crippen MR) is 78.5 cm³/mol. The quantitative estimate of drug-likeness (QED) is 0.904. The third kappa shape index (κ3) is 2.61. The zero-order valence-corrected chi connectivity index (χ0v) is 12.3. The van der Waals surface area contributed by atoms with Gasteiger partial charge in [0.2, 0.25) is 0 Å². The van der Waals surface area contributed by atoms with Crippen molar-refractivity contribution in [3.05, 3.63) is 35.9 Å². The molecule has 2 aliphatic rings. The summed E-state index contributed by atoms with van der Waals surface area (Å²) >= 11 is 0. The van der Waals surface area contributed by atoms with E-state index in [2.05, 4.69) is 5.32 Å². The molecule has 0 amide bonds. The van der Waals surface area contributed by atoms with Crippen LogP contribution in [0.15, 0.2) is 30.3 Å². The molecule has 0 saturated carbocycles. The van der Waals surface area contributed by atoms with E-state index >= 15 is 0 Å². The van der Waals surface area contributed by atoms with Crippen LogP contribution in [0, 0.1) is 0 Å². The van der Waals surface area contributed by atoms with Crippen LogP contribution >= 0.6 is 0 Å². The fourth-order valence-corrected chi connectivity index (χ4v) is 4.90. The third-order valence-electron chi connectivity index (χ3n) is 4.09. The molecule has 1 aromatic carbocycles. The van der Waals surface area contributed by atoms with Gasteiger partial charge in [-0.25, -0.2) is 0 Å². The minimum absolute atomic E-state index is 0.00362. The number of piperazine rings is 1. The van der Waals surface area contributed by atoms with E-state index in [1.807, 2.05) is 30.3 Å². The maximum absolute atomic E-state index is 12.8. The van der Waals surface area contributed by atoms with Crippen LogP contribution in [0.25, 0.3) is 0 Å². The van der Waals surface area contributed by atoms with Crippen molar-refractivity contribution in [2.24, 2.45) is 0 Å². The summed E-state index contributed by atoms with van der Waals surface area (Å²) in [6.07, 6.45) is 1.85. The first kappa shape index (κ1) is 14.0. The Morgan fingerprint density at radius 3 is 2.45 bits per heavy atom. The summed E-state index contributed by atoms with van der Waals surface area (Å²) in [5, 5.41) is 3.20. The van der Waals surface area contributed by atoms with Crippen molar-refractivity contribution in [2.45, 2.75) is 18.9 Å². The molecule has 1 atom stereocenters. The van der Waals surface area contributed by atoms with Crippen LogP contribution in [-0.4, -0.2) is 49.8 Å². The van der Waals surface area contributed by atoms with Gasteiger partial charge in [-0.1, -0.05) is 30.3 Å². The lowest BCUT2D eigenvalue weighted by atomic mass is 10.1. The van der Waals surface area contributed by atoms with Crippen LogP contribution in [0.1, 0.15) is 24.4 Å². The highest BCUT2D eigenvalue weighted by Crippen LogP contribution is 2.35. The van der Waals surface area contributed by atoms with E-state index in [1.54, 1.807) is 8.61 Å². The predicted octanol–water partition coefficient (Wildman–Crippen LogP) is 0.974. The number of hydrogen-bond acceptors (Lipinski definition) is 3. The number of hydrogen-bond donors (Lipinski definition) is 1. The van der Waals surface area contributed by atoms with Gasteiger partial charge in [0.1, 0.15) is 0 Å². The molecule has 3 rings (SSSR count). The van der Waals surface area contributed by atoms with E-state index < -0.39 is 10.2 Å². The molecule has 0 bridgehead atoms. The Morgan fingerprint density at radius 2 is 1.75 bits per heavy atom. The summed E-state index contributed by atoms with van der Waals surface area (Å²) in [6.45, 7) is 3.25. The van der Waals surface area contributed by atoms with E-state index in [1.165, 1.54) is 0 Å². The van der Waals surface area contributed by atoms with Crippen molar-refractivity contribution in [1.29, 1.82) is 0 Å². The Labute approximate surface area is 120 Å². The summed E-state index contributed by atoms with van der Waals surface area (Å²) < 4.78 is 28.9. The molecule has 0 spiro atoms. The second kappa shape index (κ2) is 5.81. The highest BCUT2D eigenvalue weighted by molar-refractivity contribution is 7.86. The van der Waals surface area contributed by atoms with Crippen molar-refractivity contribution in [3.8, 4) is 0 Å². The van der Waals surface area contributed by atoms with Crippen molar-refractivity contribution in [1.82, 2.24) is 13.9 Å². The molecular formula is C14H21N3O2S. The summed E-state index contributed by atoms with van der Waals surface area (Å²) in [6, 6.07) is 9.96. The molecule has 5 nitrogen and oxygen atoms in total. The molecule has 20 heavy (non-hydrogen) atoms. The van der Waals surface area contributed by atoms with Gasteiger partial charge in [0.15, 0.2) is 0 Å². The van der Waals surface area contributed by atoms with Crippen molar-refractivity contribution in [3.63, 3.8) is 0 Å². The lowest BCUT2D eigenvalue weighted by Gasteiger charge is -2.33. The summed E-state index contributed by atoms with van der Waals surface area (Å²) in [7, 11) is -3.33. The number of benzene rings is 1. The first-order chi connectivity index (χ1) is 9.69. The van der Waals surface area contributed by atoms with Crippen LogP contribution in [0.4, 0.5) is 0 Å². The van der Waals surface area contributed by atoms with Crippen LogP contribution in [0.3, 0.4) is 0 Å². The molecule has 2 heterocycles. The van der Waals surface area contributed by atoms with Gasteiger partial charge in [0.25, 0.3) is 10.2 Å². The Balaban J connectivity index is 1.84. The fourth-order valence-electron chi connectivity index (χ4n) is 3.05. The fraction of sp³-hybridized carbons (Fsp3) is 0.571. The van der Waals surface area contributed by atoms with Gasteiger partial charge < -0.3 is 5.32 Å². The molecule has 0 aromatic heterocycles. The molecule has 0 aliphatic carbocycles.